The molecule has 1 N–H and O–H groups in total. The van der Waals surface area contributed by atoms with Crippen LogP contribution < -0.4 is 0 Å². The molecule has 0 aromatic rings. The normalized spacial score (nSPS) is 8.36. The van der Waals surface area contributed by atoms with E-state index in [4.69, 9.17) is 10.4 Å². The van der Waals surface area contributed by atoms with Gasteiger partial charge in [0.05, 0.1) is 6.07 Å². The number of nitriles is 1. The highest BCUT2D eigenvalue weighted by atomic mass is 16.4. The lowest BCUT2D eigenvalue weighted by Crippen LogP contribution is -1.93. The minimum atomic E-state index is -0.666. The van der Waals surface area contributed by atoms with Gasteiger partial charge in [0.25, 0.3) is 0 Å². The van der Waals surface area contributed by atoms with Gasteiger partial charge in [-0.05, 0) is 6.42 Å². The van der Waals surface area contributed by atoms with Crippen LogP contribution in [-0.2, 0) is 4.79 Å². The Bertz CT molecular complexity index is 161. The Hall–Kier alpha value is -1.04. The summed E-state index contributed by atoms with van der Waals surface area (Å²) in [5.74, 6) is -0.666. The summed E-state index contributed by atoms with van der Waals surface area (Å²) in [7, 11) is 0. The van der Waals surface area contributed by atoms with E-state index >= 15 is 0 Å². The van der Waals surface area contributed by atoms with Crippen molar-refractivity contribution in [2.24, 2.45) is 0 Å². The van der Waals surface area contributed by atoms with Gasteiger partial charge in [0.15, 0.2) is 0 Å². The zero-order valence-corrected chi connectivity index (χ0v) is 9.25. The smallest absolute Gasteiger partial charge is 0.303 e. The van der Waals surface area contributed by atoms with Gasteiger partial charge in [-0.1, -0.05) is 39.0 Å². The monoisotopic (exact) mass is 199 g/mol. The van der Waals surface area contributed by atoms with E-state index in [2.05, 4.69) is 6.92 Å². The number of carbonyl (C=O) groups is 1. The number of hydrogen-bond donors (Lipinski definition) is 1. The van der Waals surface area contributed by atoms with Crippen molar-refractivity contribution in [2.45, 2.75) is 58.8 Å². The number of nitrogens with zero attached hydrogens (tertiary/aromatic N) is 1. The fourth-order valence-electron chi connectivity index (χ4n) is 1.06. The number of hydrogen-bond acceptors (Lipinski definition) is 2. The van der Waals surface area contributed by atoms with Gasteiger partial charge in [0.2, 0.25) is 0 Å². The summed E-state index contributed by atoms with van der Waals surface area (Å²) < 4.78 is 0. The quantitative estimate of drug-likeness (QED) is 0.639. The molecule has 0 fully saturated rings. The molecule has 0 bridgehead atoms. The molecule has 0 rings (SSSR count). The van der Waals surface area contributed by atoms with E-state index in [1.807, 2.05) is 0 Å². The van der Waals surface area contributed by atoms with Gasteiger partial charge < -0.3 is 5.11 Å². The van der Waals surface area contributed by atoms with Crippen molar-refractivity contribution in [2.75, 3.05) is 0 Å². The highest BCUT2D eigenvalue weighted by molar-refractivity contribution is 5.66. The van der Waals surface area contributed by atoms with Crippen molar-refractivity contribution < 1.29 is 9.90 Å². The van der Waals surface area contributed by atoms with Gasteiger partial charge in [-0.15, -0.1) is 0 Å². The topological polar surface area (TPSA) is 61.1 Å². The van der Waals surface area contributed by atoms with E-state index in [0.29, 0.717) is 6.42 Å². The summed E-state index contributed by atoms with van der Waals surface area (Å²) in [6, 6.07) is 1.75. The van der Waals surface area contributed by atoms with Crippen LogP contribution in [0.1, 0.15) is 58.8 Å². The number of carboxylic acids is 1. The number of carboxylic acid groups (broad SMARTS) is 1. The predicted octanol–water partition coefficient (Wildman–Crippen LogP) is 3.35. The van der Waals surface area contributed by atoms with Gasteiger partial charge in [0.1, 0.15) is 0 Å². The van der Waals surface area contributed by atoms with Crippen molar-refractivity contribution in [3.63, 3.8) is 0 Å². The average molecular weight is 199 g/mol. The molecular weight excluding hydrogens is 178 g/mol. The minimum absolute atomic E-state index is 0.339. The first-order valence-electron chi connectivity index (χ1n) is 5.21. The first-order valence-corrected chi connectivity index (χ1v) is 5.21. The molecule has 0 aliphatic rings. The Morgan fingerprint density at radius 3 is 2.07 bits per heavy atom. The van der Waals surface area contributed by atoms with Crippen LogP contribution in [0.5, 0.6) is 0 Å². The molecule has 0 amide bonds. The lowest BCUT2D eigenvalue weighted by Gasteiger charge is -1.97. The fraction of sp³-hybridized carbons (Fsp3) is 0.818. The summed E-state index contributed by atoms with van der Waals surface area (Å²) >= 11 is 0. The largest absolute Gasteiger partial charge is 0.481 e. The maximum Gasteiger partial charge on any atom is 0.303 e. The summed E-state index contributed by atoms with van der Waals surface area (Å²) in [5, 5.41) is 15.6. The van der Waals surface area contributed by atoms with Gasteiger partial charge in [0, 0.05) is 13.3 Å². The molecule has 3 heteroatoms. The van der Waals surface area contributed by atoms with Crippen molar-refractivity contribution in [1.29, 1.82) is 5.26 Å². The van der Waals surface area contributed by atoms with Crippen molar-refractivity contribution in [1.82, 2.24) is 0 Å². The van der Waals surface area contributed by atoms with Crippen LogP contribution >= 0.6 is 0 Å². The molecule has 0 aromatic heterocycles. The molecule has 0 spiro atoms. The van der Waals surface area contributed by atoms with E-state index in [9.17, 15) is 4.79 Å². The van der Waals surface area contributed by atoms with Crippen LogP contribution in [0, 0.1) is 11.3 Å². The molecule has 0 aromatic carbocycles. The second-order valence-electron chi connectivity index (χ2n) is 3.14. The number of unbranched alkanes of at least 4 members (excludes halogenated alkanes) is 5. The molecule has 0 unspecified atom stereocenters. The van der Waals surface area contributed by atoms with E-state index in [0.717, 1.165) is 12.8 Å². The van der Waals surface area contributed by atoms with Crippen LogP contribution in [0.25, 0.3) is 0 Å². The SMILES string of the molecule is CC#N.CCCCCCCCC(=O)O. The van der Waals surface area contributed by atoms with E-state index in [1.54, 1.807) is 6.07 Å². The summed E-state index contributed by atoms with van der Waals surface area (Å²) in [5.41, 5.74) is 0. The first kappa shape index (κ1) is 15.4. The highest BCUT2D eigenvalue weighted by Gasteiger charge is 1.95. The second-order valence-corrected chi connectivity index (χ2v) is 3.14. The lowest BCUT2D eigenvalue weighted by atomic mass is 10.1. The zero-order valence-electron chi connectivity index (χ0n) is 9.25. The first-order chi connectivity index (χ1) is 6.68. The van der Waals surface area contributed by atoms with Crippen LogP contribution in [0.2, 0.25) is 0 Å². The van der Waals surface area contributed by atoms with Gasteiger partial charge >= 0.3 is 5.97 Å². The Kier molecular flexibility index (Phi) is 16.0. The molecular formula is C11H21NO2. The van der Waals surface area contributed by atoms with Crippen molar-refractivity contribution in [3.05, 3.63) is 0 Å². The van der Waals surface area contributed by atoms with Crippen molar-refractivity contribution >= 4 is 5.97 Å². The molecule has 14 heavy (non-hydrogen) atoms. The van der Waals surface area contributed by atoms with E-state index in [1.165, 1.54) is 32.6 Å². The van der Waals surface area contributed by atoms with E-state index < -0.39 is 5.97 Å². The predicted molar refractivity (Wildman–Crippen MR) is 56.9 cm³/mol. The number of rotatable bonds is 7. The van der Waals surface area contributed by atoms with Crippen LogP contribution in [0.4, 0.5) is 0 Å². The van der Waals surface area contributed by atoms with Crippen molar-refractivity contribution in [3.8, 4) is 6.07 Å². The molecule has 0 heterocycles. The molecule has 0 aliphatic carbocycles. The third kappa shape index (κ3) is 22.4. The summed E-state index contributed by atoms with van der Waals surface area (Å²) in [6.07, 6.45) is 7.25. The third-order valence-corrected chi connectivity index (χ3v) is 1.74. The molecule has 0 aliphatic heterocycles. The molecule has 82 valence electrons. The van der Waals surface area contributed by atoms with Gasteiger partial charge in [-0.25, -0.2) is 0 Å². The number of aliphatic carboxylic acids is 1. The van der Waals surface area contributed by atoms with E-state index in [-0.39, 0.29) is 0 Å². The Morgan fingerprint density at radius 1 is 1.21 bits per heavy atom. The van der Waals surface area contributed by atoms with Crippen LogP contribution in [0.15, 0.2) is 0 Å². The summed E-state index contributed by atoms with van der Waals surface area (Å²) in [4.78, 5) is 10.1. The third-order valence-electron chi connectivity index (χ3n) is 1.74. The maximum atomic E-state index is 10.1. The summed E-state index contributed by atoms with van der Waals surface area (Å²) in [6.45, 7) is 3.61. The highest BCUT2D eigenvalue weighted by Crippen LogP contribution is 2.06. The second kappa shape index (κ2) is 14.5. The van der Waals surface area contributed by atoms with Crippen LogP contribution in [-0.4, -0.2) is 11.1 Å². The van der Waals surface area contributed by atoms with Gasteiger partial charge in [-0.2, -0.15) is 5.26 Å². The zero-order chi connectivity index (χ0) is 11.2. The Balaban J connectivity index is 0. The lowest BCUT2D eigenvalue weighted by molar-refractivity contribution is -0.137. The minimum Gasteiger partial charge on any atom is -0.481 e. The van der Waals surface area contributed by atoms with Gasteiger partial charge in [-0.3, -0.25) is 4.79 Å². The molecule has 0 radical (unpaired) electrons. The molecule has 0 atom stereocenters. The molecule has 3 nitrogen and oxygen atoms in total. The Morgan fingerprint density at radius 2 is 1.64 bits per heavy atom. The standard InChI is InChI=1S/C9H18O2.C2H3N/c1-2-3-4-5-6-7-8-9(10)11;1-2-3/h2-8H2,1H3,(H,10,11);1H3. The molecule has 0 saturated heterocycles. The van der Waals surface area contributed by atoms with Crippen LogP contribution in [0.3, 0.4) is 0 Å². The Labute approximate surface area is 86.7 Å². The molecule has 0 saturated carbocycles. The average Bonchev–Trinajstić information content (AvgIpc) is 2.12. The maximum absolute atomic E-state index is 10.1. The fourth-order valence-corrected chi connectivity index (χ4v) is 1.06.